The van der Waals surface area contributed by atoms with Gasteiger partial charge in [-0.05, 0) is 42.7 Å². The molecule has 6 heteroatoms. The Morgan fingerprint density at radius 3 is 2.16 bits per heavy atom. The second-order valence-corrected chi connectivity index (χ2v) is 7.87. The molecule has 2 heterocycles. The van der Waals surface area contributed by atoms with Crippen molar-refractivity contribution in [2.24, 2.45) is 0 Å². The number of nitrogens with zero attached hydrogens (tertiary/aromatic N) is 2. The number of benzene rings is 2. The van der Waals surface area contributed by atoms with Crippen molar-refractivity contribution in [1.82, 2.24) is 9.80 Å². The summed E-state index contributed by atoms with van der Waals surface area (Å²) in [6.07, 6.45) is 1.51. The van der Waals surface area contributed by atoms with Gasteiger partial charge in [0.25, 0.3) is 5.91 Å². The molecule has 160 valence electrons. The third kappa shape index (κ3) is 4.54. The fraction of sp³-hybridized carbons (Fsp3) is 0.280. The molecule has 1 aliphatic rings. The van der Waals surface area contributed by atoms with Crippen LogP contribution in [0.5, 0.6) is 0 Å². The van der Waals surface area contributed by atoms with Gasteiger partial charge in [-0.3, -0.25) is 14.5 Å². The third-order valence-corrected chi connectivity index (χ3v) is 5.79. The van der Waals surface area contributed by atoms with E-state index in [1.54, 1.807) is 17.0 Å². The Hall–Kier alpha value is -3.38. The van der Waals surface area contributed by atoms with E-state index in [-0.39, 0.29) is 11.8 Å². The lowest BCUT2D eigenvalue weighted by Gasteiger charge is -2.38. The minimum absolute atomic E-state index is 0.0607. The van der Waals surface area contributed by atoms with Gasteiger partial charge in [0, 0.05) is 31.9 Å². The van der Waals surface area contributed by atoms with Crippen molar-refractivity contribution >= 4 is 17.5 Å². The predicted molar refractivity (Wildman–Crippen MR) is 120 cm³/mol. The fourth-order valence-electron chi connectivity index (χ4n) is 4.11. The number of carbonyl (C=O) groups is 2. The SMILES string of the molecule is Cc1cccc(C)c1NC(=O)C(c1ccccc1)N1CCN(C(=O)c2ccco2)CC1. The molecule has 3 aromatic rings. The van der Waals surface area contributed by atoms with Crippen LogP contribution in [0.3, 0.4) is 0 Å². The maximum absolute atomic E-state index is 13.5. The summed E-state index contributed by atoms with van der Waals surface area (Å²) in [5.74, 6) is 0.177. The number of amides is 2. The average Bonchev–Trinajstić information content (AvgIpc) is 3.32. The van der Waals surface area contributed by atoms with E-state index in [1.165, 1.54) is 6.26 Å². The molecule has 0 bridgehead atoms. The standard InChI is InChI=1S/C25H27N3O3/c1-18-8-6-9-19(2)22(18)26-24(29)23(20-10-4-3-5-11-20)27-13-15-28(16-14-27)25(30)21-12-7-17-31-21/h3-12,17,23H,13-16H2,1-2H3,(H,26,29). The molecule has 31 heavy (non-hydrogen) atoms. The average molecular weight is 418 g/mol. The summed E-state index contributed by atoms with van der Waals surface area (Å²) < 4.78 is 5.25. The lowest BCUT2D eigenvalue weighted by Crippen LogP contribution is -2.51. The Morgan fingerprint density at radius 1 is 0.871 bits per heavy atom. The Morgan fingerprint density at radius 2 is 1.55 bits per heavy atom. The molecule has 0 aliphatic carbocycles. The molecule has 0 saturated carbocycles. The Bertz CT molecular complexity index is 1020. The Kier molecular flexibility index (Phi) is 6.18. The highest BCUT2D eigenvalue weighted by molar-refractivity contribution is 5.97. The van der Waals surface area contributed by atoms with Crippen molar-refractivity contribution in [2.75, 3.05) is 31.5 Å². The van der Waals surface area contributed by atoms with Gasteiger partial charge in [-0.1, -0.05) is 48.5 Å². The van der Waals surface area contributed by atoms with Gasteiger partial charge in [-0.15, -0.1) is 0 Å². The van der Waals surface area contributed by atoms with Gasteiger partial charge in [0.1, 0.15) is 6.04 Å². The Labute approximate surface area is 182 Å². The molecule has 4 rings (SSSR count). The molecular formula is C25H27N3O3. The number of anilines is 1. The van der Waals surface area contributed by atoms with E-state index in [1.807, 2.05) is 62.4 Å². The van der Waals surface area contributed by atoms with Crippen LogP contribution in [-0.2, 0) is 4.79 Å². The van der Waals surface area contributed by atoms with Crippen LogP contribution in [0.4, 0.5) is 5.69 Å². The van der Waals surface area contributed by atoms with Crippen molar-refractivity contribution in [3.63, 3.8) is 0 Å². The summed E-state index contributed by atoms with van der Waals surface area (Å²) in [4.78, 5) is 30.0. The summed E-state index contributed by atoms with van der Waals surface area (Å²) >= 11 is 0. The molecular weight excluding hydrogens is 390 g/mol. The monoisotopic (exact) mass is 417 g/mol. The molecule has 2 amide bonds. The van der Waals surface area contributed by atoms with Crippen LogP contribution in [0.2, 0.25) is 0 Å². The third-order valence-electron chi connectivity index (χ3n) is 5.79. The zero-order valence-electron chi connectivity index (χ0n) is 17.9. The van der Waals surface area contributed by atoms with Crippen molar-refractivity contribution < 1.29 is 14.0 Å². The van der Waals surface area contributed by atoms with E-state index in [0.29, 0.717) is 31.9 Å². The van der Waals surface area contributed by atoms with Crippen LogP contribution in [0, 0.1) is 13.8 Å². The molecule has 1 fully saturated rings. The maximum Gasteiger partial charge on any atom is 0.289 e. The Balaban J connectivity index is 1.53. The van der Waals surface area contributed by atoms with Crippen LogP contribution in [0.25, 0.3) is 0 Å². The summed E-state index contributed by atoms with van der Waals surface area (Å²) in [5, 5.41) is 3.15. The van der Waals surface area contributed by atoms with E-state index in [4.69, 9.17) is 4.42 Å². The highest BCUT2D eigenvalue weighted by atomic mass is 16.3. The molecule has 2 aromatic carbocycles. The number of hydrogen-bond acceptors (Lipinski definition) is 4. The number of rotatable bonds is 5. The van der Waals surface area contributed by atoms with Gasteiger partial charge < -0.3 is 14.6 Å². The largest absolute Gasteiger partial charge is 0.459 e. The highest BCUT2D eigenvalue weighted by Crippen LogP contribution is 2.27. The molecule has 1 saturated heterocycles. The van der Waals surface area contributed by atoms with Crippen LogP contribution in [0.1, 0.15) is 33.3 Å². The summed E-state index contributed by atoms with van der Waals surface area (Å²) in [5.41, 5.74) is 3.88. The molecule has 1 atom stereocenters. The molecule has 0 spiro atoms. The number of nitrogens with one attached hydrogen (secondary N) is 1. The van der Waals surface area contributed by atoms with Crippen molar-refractivity contribution in [1.29, 1.82) is 0 Å². The zero-order chi connectivity index (χ0) is 21.8. The van der Waals surface area contributed by atoms with E-state index < -0.39 is 6.04 Å². The lowest BCUT2D eigenvalue weighted by molar-refractivity contribution is -0.122. The first-order chi connectivity index (χ1) is 15.0. The lowest BCUT2D eigenvalue weighted by atomic mass is 10.0. The molecule has 0 radical (unpaired) electrons. The number of hydrogen-bond donors (Lipinski definition) is 1. The van der Waals surface area contributed by atoms with E-state index >= 15 is 0 Å². The van der Waals surface area contributed by atoms with Gasteiger partial charge >= 0.3 is 0 Å². The summed E-state index contributed by atoms with van der Waals surface area (Å²) in [7, 11) is 0. The zero-order valence-corrected chi connectivity index (χ0v) is 17.9. The van der Waals surface area contributed by atoms with Gasteiger partial charge in [-0.2, -0.15) is 0 Å². The quantitative estimate of drug-likeness (QED) is 0.681. The maximum atomic E-state index is 13.5. The minimum atomic E-state index is -0.430. The van der Waals surface area contributed by atoms with Gasteiger partial charge in [0.05, 0.1) is 6.26 Å². The van der Waals surface area contributed by atoms with E-state index in [9.17, 15) is 9.59 Å². The molecule has 1 aliphatic heterocycles. The normalized spacial score (nSPS) is 15.5. The first-order valence-electron chi connectivity index (χ1n) is 10.5. The van der Waals surface area contributed by atoms with Gasteiger partial charge in [0.2, 0.25) is 5.91 Å². The topological polar surface area (TPSA) is 65.8 Å². The number of aryl methyl sites for hydroxylation is 2. The summed E-state index contributed by atoms with van der Waals surface area (Å²) in [6.45, 7) is 6.29. The first-order valence-corrected chi connectivity index (χ1v) is 10.5. The van der Waals surface area contributed by atoms with E-state index in [0.717, 1.165) is 22.4 Å². The number of furan rings is 1. The van der Waals surface area contributed by atoms with Gasteiger partial charge in [0.15, 0.2) is 5.76 Å². The fourth-order valence-corrected chi connectivity index (χ4v) is 4.11. The number of piperazine rings is 1. The second-order valence-electron chi connectivity index (χ2n) is 7.87. The smallest absolute Gasteiger partial charge is 0.289 e. The van der Waals surface area contributed by atoms with Crippen molar-refractivity contribution in [2.45, 2.75) is 19.9 Å². The van der Waals surface area contributed by atoms with Crippen LogP contribution in [0.15, 0.2) is 71.3 Å². The van der Waals surface area contributed by atoms with Crippen LogP contribution < -0.4 is 5.32 Å². The number of para-hydroxylation sites is 1. The van der Waals surface area contributed by atoms with Gasteiger partial charge in [-0.25, -0.2) is 0 Å². The first kappa shape index (κ1) is 20.9. The molecule has 1 aromatic heterocycles. The van der Waals surface area contributed by atoms with Crippen LogP contribution >= 0.6 is 0 Å². The minimum Gasteiger partial charge on any atom is -0.459 e. The van der Waals surface area contributed by atoms with Crippen molar-refractivity contribution in [3.8, 4) is 0 Å². The second kappa shape index (κ2) is 9.18. The predicted octanol–water partition coefficient (Wildman–Crippen LogP) is 4.03. The summed E-state index contributed by atoms with van der Waals surface area (Å²) in [6, 6.07) is 18.8. The number of carbonyl (C=O) groups excluding carboxylic acids is 2. The molecule has 1 unspecified atom stereocenters. The van der Waals surface area contributed by atoms with Crippen molar-refractivity contribution in [3.05, 3.63) is 89.4 Å². The highest BCUT2D eigenvalue weighted by Gasteiger charge is 2.32. The molecule has 6 nitrogen and oxygen atoms in total. The molecule has 1 N–H and O–H groups in total. The van der Waals surface area contributed by atoms with Crippen LogP contribution in [-0.4, -0.2) is 47.8 Å². The van der Waals surface area contributed by atoms with E-state index in [2.05, 4.69) is 10.2 Å².